The summed E-state index contributed by atoms with van der Waals surface area (Å²) in [6.07, 6.45) is 4.02. The van der Waals surface area contributed by atoms with Gasteiger partial charge in [0.25, 0.3) is 0 Å². The molecule has 0 aliphatic heterocycles. The Bertz CT molecular complexity index is 800. The number of imidazole rings is 1. The van der Waals surface area contributed by atoms with Crippen LogP contribution in [0.15, 0.2) is 6.07 Å². The van der Waals surface area contributed by atoms with Crippen LogP contribution in [0.3, 0.4) is 0 Å². The largest absolute Gasteiger partial charge is 0.389 e. The van der Waals surface area contributed by atoms with Gasteiger partial charge in [-0.2, -0.15) is 0 Å². The molecule has 0 atom stereocenters. The molecule has 0 aromatic carbocycles. The molecule has 0 aliphatic carbocycles. The molecule has 7 heteroatoms. The van der Waals surface area contributed by atoms with Crippen molar-refractivity contribution in [3.8, 4) is 0 Å². The Balaban J connectivity index is 2.22. The van der Waals surface area contributed by atoms with Crippen LogP contribution in [0.5, 0.6) is 0 Å². The van der Waals surface area contributed by atoms with Crippen LogP contribution in [0, 0.1) is 0 Å². The number of nitrogen functional groups attached to an aromatic ring is 1. The molecule has 0 fully saturated rings. The average molecular weight is 405 g/mol. The second-order valence-electron chi connectivity index (χ2n) is 9.66. The summed E-state index contributed by atoms with van der Waals surface area (Å²) in [6, 6.07) is 2.01. The number of aryl methyl sites for hydroxylation is 1. The number of hydrogen-bond acceptors (Lipinski definition) is 6. The number of nitrogens with zero attached hydrogens (tertiary/aromatic N) is 4. The number of unbranched alkanes of at least 4 members (excludes halogenated alkanes) is 1. The molecule has 0 bridgehead atoms. The fraction of sp³-hybridized carbons (Fsp3) is 0.727. The smallest absolute Gasteiger partial charge is 0.154 e. The van der Waals surface area contributed by atoms with Gasteiger partial charge in [0, 0.05) is 31.1 Å². The third-order valence-electron chi connectivity index (χ3n) is 5.26. The minimum atomic E-state index is -0.836. The highest BCUT2D eigenvalue weighted by atomic mass is 16.3. The number of aromatic nitrogens is 3. The second kappa shape index (κ2) is 9.30. The zero-order valence-electron chi connectivity index (χ0n) is 19.3. The van der Waals surface area contributed by atoms with E-state index in [2.05, 4.69) is 54.5 Å². The average Bonchev–Trinajstić information content (AvgIpc) is 2.92. The number of nitrogens with one attached hydrogen (secondary N) is 1. The number of nitrogens with two attached hydrogens (primary N) is 1. The van der Waals surface area contributed by atoms with Gasteiger partial charge in [-0.25, -0.2) is 9.97 Å². The molecule has 0 spiro atoms. The summed E-state index contributed by atoms with van der Waals surface area (Å²) in [5, 5.41) is 13.8. The summed E-state index contributed by atoms with van der Waals surface area (Å²) >= 11 is 0. The summed E-state index contributed by atoms with van der Waals surface area (Å²) in [4.78, 5) is 11.6. The molecular formula is C22H40N6O. The first-order chi connectivity index (χ1) is 13.4. The van der Waals surface area contributed by atoms with E-state index in [1.165, 1.54) is 0 Å². The Morgan fingerprint density at radius 3 is 2.45 bits per heavy atom. The highest BCUT2D eigenvalue weighted by Gasteiger charge is 2.21. The van der Waals surface area contributed by atoms with Crippen LogP contribution in [0.2, 0.25) is 0 Å². The fourth-order valence-electron chi connectivity index (χ4n) is 3.24. The number of aliphatic hydroxyl groups is 1. The van der Waals surface area contributed by atoms with Crippen molar-refractivity contribution in [1.82, 2.24) is 19.4 Å². The van der Waals surface area contributed by atoms with Gasteiger partial charge in [-0.3, -0.25) is 0 Å². The van der Waals surface area contributed by atoms with E-state index in [0.29, 0.717) is 12.4 Å². The maximum atomic E-state index is 10.4. The lowest BCUT2D eigenvalue weighted by Crippen LogP contribution is -2.39. The van der Waals surface area contributed by atoms with Crippen molar-refractivity contribution in [1.29, 1.82) is 0 Å². The normalized spacial score (nSPS) is 12.9. The highest BCUT2D eigenvalue weighted by Crippen LogP contribution is 2.26. The number of pyridine rings is 1. The number of fused-ring (bicyclic) bond motifs is 1. The van der Waals surface area contributed by atoms with Gasteiger partial charge in [-0.15, -0.1) is 0 Å². The monoisotopic (exact) mass is 404 g/mol. The lowest BCUT2D eigenvalue weighted by atomic mass is 10.1. The molecule has 0 aliphatic rings. The number of rotatable bonds is 10. The van der Waals surface area contributed by atoms with Crippen molar-refractivity contribution in [2.45, 2.75) is 84.9 Å². The van der Waals surface area contributed by atoms with E-state index in [1.807, 2.05) is 19.9 Å². The zero-order valence-corrected chi connectivity index (χ0v) is 19.3. The summed E-state index contributed by atoms with van der Waals surface area (Å²) < 4.78 is 2.10. The van der Waals surface area contributed by atoms with Crippen molar-refractivity contribution < 1.29 is 5.11 Å². The third-order valence-corrected chi connectivity index (χ3v) is 5.26. The van der Waals surface area contributed by atoms with Crippen molar-refractivity contribution >= 4 is 22.7 Å². The molecule has 164 valence electrons. The van der Waals surface area contributed by atoms with Crippen LogP contribution in [0.4, 0.5) is 11.6 Å². The van der Waals surface area contributed by atoms with E-state index in [4.69, 9.17) is 10.7 Å². The van der Waals surface area contributed by atoms with Gasteiger partial charge in [0.15, 0.2) is 5.82 Å². The molecule has 2 heterocycles. The van der Waals surface area contributed by atoms with Crippen LogP contribution in [-0.4, -0.2) is 55.8 Å². The molecule has 2 aromatic heterocycles. The van der Waals surface area contributed by atoms with E-state index >= 15 is 0 Å². The summed E-state index contributed by atoms with van der Waals surface area (Å²) in [6.45, 7) is 14.8. The summed E-state index contributed by atoms with van der Waals surface area (Å²) in [5.41, 5.74) is 7.23. The zero-order chi connectivity index (χ0) is 21.8. The predicted molar refractivity (Wildman–Crippen MR) is 122 cm³/mol. The molecular weight excluding hydrogens is 364 g/mol. The second-order valence-corrected chi connectivity index (χ2v) is 9.66. The van der Waals surface area contributed by atoms with E-state index in [0.717, 1.165) is 61.4 Å². The maximum Gasteiger partial charge on any atom is 0.154 e. The van der Waals surface area contributed by atoms with E-state index in [1.54, 1.807) is 0 Å². The van der Waals surface area contributed by atoms with Gasteiger partial charge in [0.2, 0.25) is 0 Å². The Hall–Kier alpha value is -1.86. The Labute approximate surface area is 175 Å². The maximum absolute atomic E-state index is 10.4. The molecule has 29 heavy (non-hydrogen) atoms. The number of hydrogen-bond donors (Lipinski definition) is 3. The topological polar surface area (TPSA) is 92.2 Å². The lowest BCUT2D eigenvalue weighted by Gasteiger charge is -2.31. The quantitative estimate of drug-likeness (QED) is 0.523. The SMILES string of the molecule is CCCCc1nc2c(N)nc(NCCCN(C)C(C)(C)C)cc2n1CC(C)(C)O. The van der Waals surface area contributed by atoms with Crippen molar-refractivity contribution in [2.75, 3.05) is 31.2 Å². The van der Waals surface area contributed by atoms with Crippen LogP contribution in [-0.2, 0) is 13.0 Å². The predicted octanol–water partition coefficient (Wildman–Crippen LogP) is 3.66. The first-order valence-corrected chi connectivity index (χ1v) is 10.8. The van der Waals surface area contributed by atoms with Gasteiger partial charge >= 0.3 is 0 Å². The van der Waals surface area contributed by atoms with E-state index in [9.17, 15) is 5.11 Å². The van der Waals surface area contributed by atoms with Gasteiger partial charge < -0.3 is 25.6 Å². The van der Waals surface area contributed by atoms with Crippen LogP contribution in [0.1, 0.15) is 66.6 Å². The lowest BCUT2D eigenvalue weighted by molar-refractivity contribution is 0.0618. The van der Waals surface area contributed by atoms with Crippen LogP contribution in [0.25, 0.3) is 11.0 Å². The van der Waals surface area contributed by atoms with Crippen molar-refractivity contribution in [3.05, 3.63) is 11.9 Å². The summed E-state index contributed by atoms with van der Waals surface area (Å²) in [7, 11) is 2.15. The molecule has 0 amide bonds. The standard InChI is InChI=1S/C22H40N6O/c1-8-9-11-18-26-19-16(28(18)15-22(5,6)29)14-17(25-20(19)23)24-12-10-13-27(7)21(2,3)4/h14,29H,8-13,15H2,1-7H3,(H3,23,24,25). The van der Waals surface area contributed by atoms with Gasteiger partial charge in [0.1, 0.15) is 17.2 Å². The molecule has 2 aromatic rings. The molecule has 4 N–H and O–H groups in total. The molecule has 0 saturated carbocycles. The minimum absolute atomic E-state index is 0.167. The Morgan fingerprint density at radius 1 is 1.17 bits per heavy atom. The molecule has 7 nitrogen and oxygen atoms in total. The van der Waals surface area contributed by atoms with E-state index < -0.39 is 5.60 Å². The van der Waals surface area contributed by atoms with Gasteiger partial charge in [-0.1, -0.05) is 13.3 Å². The van der Waals surface area contributed by atoms with Gasteiger partial charge in [0.05, 0.1) is 17.7 Å². The first kappa shape index (κ1) is 23.4. The molecule has 0 saturated heterocycles. The van der Waals surface area contributed by atoms with Crippen LogP contribution < -0.4 is 11.1 Å². The van der Waals surface area contributed by atoms with Crippen LogP contribution >= 0.6 is 0 Å². The first-order valence-electron chi connectivity index (χ1n) is 10.8. The Morgan fingerprint density at radius 2 is 1.86 bits per heavy atom. The molecule has 2 rings (SSSR count). The minimum Gasteiger partial charge on any atom is -0.389 e. The van der Waals surface area contributed by atoms with E-state index in [-0.39, 0.29) is 5.54 Å². The third kappa shape index (κ3) is 6.57. The highest BCUT2D eigenvalue weighted by molar-refractivity contribution is 5.88. The van der Waals surface area contributed by atoms with Crippen molar-refractivity contribution in [2.24, 2.45) is 0 Å². The molecule has 0 radical (unpaired) electrons. The van der Waals surface area contributed by atoms with Crippen molar-refractivity contribution in [3.63, 3.8) is 0 Å². The fourth-order valence-corrected chi connectivity index (χ4v) is 3.24. The van der Waals surface area contributed by atoms with Gasteiger partial charge in [-0.05, 0) is 54.5 Å². The summed E-state index contributed by atoms with van der Waals surface area (Å²) in [5.74, 6) is 2.15. The Kier molecular flexibility index (Phi) is 7.51. The number of anilines is 2. The molecule has 0 unspecified atom stereocenters.